The number of hydrogen-bond donors (Lipinski definition) is 0. The van der Waals surface area contributed by atoms with Crippen LogP contribution < -0.4 is 4.74 Å². The molecule has 1 aromatic carbocycles. The Morgan fingerprint density at radius 2 is 1.82 bits per heavy atom. The molecule has 0 aliphatic heterocycles. The first-order valence-electron chi connectivity index (χ1n) is 6.94. The molecular weight excluding hydrogens is 284 g/mol. The molecule has 1 aromatic rings. The van der Waals surface area contributed by atoms with Crippen LogP contribution in [-0.2, 0) is 25.5 Å². The number of rotatable bonds is 6. The second-order valence-corrected chi connectivity index (χ2v) is 5.72. The third kappa shape index (κ3) is 5.99. The molecule has 0 amide bonds. The molecule has 120 valence electrons. The summed E-state index contributed by atoms with van der Waals surface area (Å²) in [7, 11) is 1.25. The first-order valence-corrected chi connectivity index (χ1v) is 6.94. The Morgan fingerprint density at radius 1 is 1.23 bits per heavy atom. The van der Waals surface area contributed by atoms with Crippen LogP contribution >= 0.6 is 0 Å². The third-order valence-corrected chi connectivity index (χ3v) is 2.66. The summed E-state index contributed by atoms with van der Waals surface area (Å²) in [5.74, 6) is -0.540. The summed E-state index contributed by atoms with van der Waals surface area (Å²) in [5, 5.41) is 0. The SMILES string of the molecule is C=CC(=O)OC(Cc1ccc(OC(C)(C)C)cc1)C(=O)OC. The van der Waals surface area contributed by atoms with Crippen molar-refractivity contribution in [2.45, 2.75) is 38.9 Å². The summed E-state index contributed by atoms with van der Waals surface area (Å²) >= 11 is 0. The lowest BCUT2D eigenvalue weighted by atomic mass is 10.1. The number of hydrogen-bond acceptors (Lipinski definition) is 5. The van der Waals surface area contributed by atoms with Crippen molar-refractivity contribution in [3.05, 3.63) is 42.5 Å². The minimum absolute atomic E-state index is 0.224. The van der Waals surface area contributed by atoms with Crippen LogP contribution in [0.3, 0.4) is 0 Å². The third-order valence-electron chi connectivity index (χ3n) is 2.66. The molecular formula is C17H22O5. The molecule has 0 radical (unpaired) electrons. The van der Waals surface area contributed by atoms with Crippen LogP contribution in [0.25, 0.3) is 0 Å². The van der Waals surface area contributed by atoms with Crippen molar-refractivity contribution >= 4 is 11.9 Å². The van der Waals surface area contributed by atoms with Crippen LogP contribution in [0.4, 0.5) is 0 Å². The van der Waals surface area contributed by atoms with Gasteiger partial charge in [0, 0.05) is 12.5 Å². The van der Waals surface area contributed by atoms with Crippen LogP contribution in [0.2, 0.25) is 0 Å². The monoisotopic (exact) mass is 306 g/mol. The van der Waals surface area contributed by atoms with Gasteiger partial charge in [0.15, 0.2) is 0 Å². The number of carbonyl (C=O) groups excluding carboxylic acids is 2. The summed E-state index contributed by atoms with van der Waals surface area (Å²) in [6, 6.07) is 7.26. The van der Waals surface area contributed by atoms with Gasteiger partial charge in [-0.05, 0) is 38.5 Å². The lowest BCUT2D eigenvalue weighted by Gasteiger charge is -2.21. The predicted molar refractivity (Wildman–Crippen MR) is 82.6 cm³/mol. The Hall–Kier alpha value is -2.30. The Bertz CT molecular complexity index is 525. The molecule has 0 saturated heterocycles. The van der Waals surface area contributed by atoms with Gasteiger partial charge >= 0.3 is 11.9 Å². The van der Waals surface area contributed by atoms with Crippen molar-refractivity contribution in [3.63, 3.8) is 0 Å². The lowest BCUT2D eigenvalue weighted by molar-refractivity contribution is -0.162. The topological polar surface area (TPSA) is 61.8 Å². The quantitative estimate of drug-likeness (QED) is 0.597. The van der Waals surface area contributed by atoms with E-state index >= 15 is 0 Å². The van der Waals surface area contributed by atoms with Gasteiger partial charge < -0.3 is 14.2 Å². The lowest BCUT2D eigenvalue weighted by Crippen LogP contribution is -2.30. The number of ether oxygens (including phenoxy) is 3. The van der Waals surface area contributed by atoms with E-state index in [0.717, 1.165) is 17.4 Å². The summed E-state index contributed by atoms with van der Waals surface area (Å²) < 4.78 is 15.4. The fourth-order valence-corrected chi connectivity index (χ4v) is 1.75. The van der Waals surface area contributed by atoms with Crippen LogP contribution in [-0.4, -0.2) is 30.8 Å². The van der Waals surface area contributed by atoms with E-state index in [1.807, 2.05) is 45.0 Å². The zero-order valence-electron chi connectivity index (χ0n) is 13.4. The van der Waals surface area contributed by atoms with Crippen molar-refractivity contribution < 1.29 is 23.8 Å². The molecule has 0 N–H and O–H groups in total. The van der Waals surface area contributed by atoms with Crippen LogP contribution in [0.5, 0.6) is 5.75 Å². The first-order chi connectivity index (χ1) is 10.2. The van der Waals surface area contributed by atoms with Gasteiger partial charge in [-0.25, -0.2) is 9.59 Å². The number of esters is 2. The molecule has 1 atom stereocenters. The number of carbonyl (C=O) groups is 2. The Balaban J connectivity index is 2.78. The maximum atomic E-state index is 11.7. The number of benzene rings is 1. The van der Waals surface area contributed by atoms with Gasteiger partial charge in [0.2, 0.25) is 6.10 Å². The minimum Gasteiger partial charge on any atom is -0.488 e. The van der Waals surface area contributed by atoms with Crippen LogP contribution in [0.15, 0.2) is 36.9 Å². The molecule has 0 bridgehead atoms. The second kappa shape index (κ2) is 7.64. The standard InChI is InChI=1S/C17H22O5/c1-6-15(18)21-14(16(19)20-5)11-12-7-9-13(10-8-12)22-17(2,3)4/h6-10,14H,1,11H2,2-5H3. The van der Waals surface area contributed by atoms with Gasteiger partial charge in [-0.1, -0.05) is 18.7 Å². The van der Waals surface area contributed by atoms with Gasteiger partial charge in [-0.2, -0.15) is 0 Å². The van der Waals surface area contributed by atoms with Crippen molar-refractivity contribution in [2.24, 2.45) is 0 Å². The largest absolute Gasteiger partial charge is 0.488 e. The molecule has 0 spiro atoms. The van der Waals surface area contributed by atoms with E-state index in [-0.39, 0.29) is 12.0 Å². The molecule has 1 unspecified atom stereocenters. The number of methoxy groups -OCH3 is 1. The normalized spacial score (nSPS) is 12.2. The average Bonchev–Trinajstić information content (AvgIpc) is 2.46. The molecule has 0 fully saturated rings. The Labute approximate surface area is 130 Å². The summed E-state index contributed by atoms with van der Waals surface area (Å²) in [6.07, 6.45) is 0.239. The molecule has 0 saturated carbocycles. The first kappa shape index (κ1) is 17.8. The highest BCUT2D eigenvalue weighted by Gasteiger charge is 2.23. The van der Waals surface area contributed by atoms with Gasteiger partial charge in [0.05, 0.1) is 7.11 Å². The highest BCUT2D eigenvalue weighted by Crippen LogP contribution is 2.19. The highest BCUT2D eigenvalue weighted by molar-refractivity contribution is 5.85. The molecule has 0 aliphatic rings. The molecule has 5 heteroatoms. The fourth-order valence-electron chi connectivity index (χ4n) is 1.75. The maximum absolute atomic E-state index is 11.7. The predicted octanol–water partition coefficient (Wildman–Crippen LogP) is 2.68. The van der Waals surface area contributed by atoms with E-state index < -0.39 is 18.0 Å². The molecule has 22 heavy (non-hydrogen) atoms. The van der Waals surface area contributed by atoms with Gasteiger partial charge in [0.1, 0.15) is 11.4 Å². The molecule has 0 heterocycles. The highest BCUT2D eigenvalue weighted by atomic mass is 16.6. The Kier molecular flexibility index (Phi) is 6.16. The molecule has 0 aromatic heterocycles. The average molecular weight is 306 g/mol. The Morgan fingerprint density at radius 3 is 2.27 bits per heavy atom. The van der Waals surface area contributed by atoms with E-state index in [0.29, 0.717) is 0 Å². The minimum atomic E-state index is -0.995. The summed E-state index contributed by atoms with van der Waals surface area (Å²) in [5.41, 5.74) is 0.545. The van der Waals surface area contributed by atoms with E-state index in [1.54, 1.807) is 0 Å². The molecule has 1 rings (SSSR count). The summed E-state index contributed by atoms with van der Waals surface area (Å²) in [6.45, 7) is 9.19. The van der Waals surface area contributed by atoms with E-state index in [1.165, 1.54) is 7.11 Å². The van der Waals surface area contributed by atoms with Crippen molar-refractivity contribution in [3.8, 4) is 5.75 Å². The van der Waals surface area contributed by atoms with Gasteiger partial charge in [0.25, 0.3) is 0 Å². The van der Waals surface area contributed by atoms with E-state index in [9.17, 15) is 9.59 Å². The van der Waals surface area contributed by atoms with Crippen molar-refractivity contribution in [1.82, 2.24) is 0 Å². The van der Waals surface area contributed by atoms with Crippen molar-refractivity contribution in [1.29, 1.82) is 0 Å². The molecule has 5 nitrogen and oxygen atoms in total. The van der Waals surface area contributed by atoms with E-state index in [4.69, 9.17) is 9.47 Å². The van der Waals surface area contributed by atoms with Crippen LogP contribution in [0.1, 0.15) is 26.3 Å². The smallest absolute Gasteiger partial charge is 0.347 e. The molecule has 0 aliphatic carbocycles. The zero-order valence-corrected chi connectivity index (χ0v) is 13.4. The fraction of sp³-hybridized carbons (Fsp3) is 0.412. The van der Waals surface area contributed by atoms with Crippen LogP contribution in [0, 0.1) is 0 Å². The van der Waals surface area contributed by atoms with E-state index in [2.05, 4.69) is 11.3 Å². The van der Waals surface area contributed by atoms with Gasteiger partial charge in [-0.15, -0.1) is 0 Å². The second-order valence-electron chi connectivity index (χ2n) is 5.72. The van der Waals surface area contributed by atoms with Crippen molar-refractivity contribution in [2.75, 3.05) is 7.11 Å². The maximum Gasteiger partial charge on any atom is 0.347 e. The zero-order chi connectivity index (χ0) is 16.8. The van der Waals surface area contributed by atoms with Gasteiger partial charge in [-0.3, -0.25) is 0 Å². The summed E-state index contributed by atoms with van der Waals surface area (Å²) in [4.78, 5) is 22.9.